The summed E-state index contributed by atoms with van der Waals surface area (Å²) in [5.41, 5.74) is 24.4. The van der Waals surface area contributed by atoms with Crippen LogP contribution < -0.4 is 9.64 Å². The van der Waals surface area contributed by atoms with E-state index >= 15 is 0 Å². The van der Waals surface area contributed by atoms with Crippen LogP contribution >= 0.6 is 0 Å². The molecule has 2 fully saturated rings. The number of hydrogen-bond acceptors (Lipinski definition) is 4. The van der Waals surface area contributed by atoms with Crippen LogP contribution in [0.15, 0.2) is 148 Å². The van der Waals surface area contributed by atoms with Gasteiger partial charge in [-0.1, -0.05) is 120 Å². The van der Waals surface area contributed by atoms with Crippen molar-refractivity contribution >= 4 is 33.2 Å². The molecule has 11 atom stereocenters. The molecule has 0 saturated heterocycles. The lowest BCUT2D eigenvalue weighted by Crippen LogP contribution is -2.52. The molecule has 0 radical (unpaired) electrons. The van der Waals surface area contributed by atoms with Crippen molar-refractivity contribution in [2.45, 2.75) is 205 Å². The zero-order chi connectivity index (χ0) is 54.3. The Morgan fingerprint density at radius 1 is 0.654 bits per heavy atom. The van der Waals surface area contributed by atoms with Gasteiger partial charge in [-0.15, -0.1) is 0 Å². The number of anilines is 1. The summed E-state index contributed by atoms with van der Waals surface area (Å²) in [5.74, 6) is 5.02. The van der Waals surface area contributed by atoms with E-state index in [2.05, 4.69) is 167 Å². The Morgan fingerprint density at radius 2 is 1.46 bits per heavy atom. The van der Waals surface area contributed by atoms with Crippen LogP contribution in [0.4, 0.5) is 5.69 Å². The maximum Gasteiger partial charge on any atom is 0.137 e. The van der Waals surface area contributed by atoms with E-state index in [9.17, 15) is 0 Å². The summed E-state index contributed by atoms with van der Waals surface area (Å²) < 4.78 is 14.1. The molecule has 2 saturated carbocycles. The van der Waals surface area contributed by atoms with Crippen molar-refractivity contribution < 1.29 is 9.15 Å². The van der Waals surface area contributed by atoms with Crippen molar-refractivity contribution in [3.05, 3.63) is 182 Å². The standard InChI is InChI=1S/C77H86N2O2/c1-75(2)38-37-58-67(79(48-29-33-64-61(40-48)56-20-12-14-22-63(56)76(64,3)4)51-28-32-60-71(44-51)81-69-36-25-46-16-8-10-18-54(46)74(60)69)34-23-47-39-52(42-66(75)72(47)58)78(49-26-30-57-55-19-11-13-21-62(55)77(5,6)65(57)41-49)50-27-31-59-70(43-50)80-68-35-24-45-15-7-9-17-53(45)73(59)68/h11-14,19-22,24-25,27,30-31,35-36,41-44,47-49,52,56,60-61,63-64,67,71H,7-10,15-18,23,26,28-29,32-34,37-40H2,1-6H3. The number of ether oxygens (including phenoxy) is 1. The van der Waals surface area contributed by atoms with E-state index in [1.165, 1.54) is 158 Å². The smallest absolute Gasteiger partial charge is 0.137 e. The highest BCUT2D eigenvalue weighted by Crippen LogP contribution is 2.63. The van der Waals surface area contributed by atoms with Crippen molar-refractivity contribution in [2.75, 3.05) is 4.90 Å². The van der Waals surface area contributed by atoms with Gasteiger partial charge in [-0.3, -0.25) is 0 Å². The Kier molecular flexibility index (Phi) is 11.2. The van der Waals surface area contributed by atoms with E-state index in [0.717, 1.165) is 42.3 Å². The number of benzene rings is 4. The predicted octanol–water partition coefficient (Wildman–Crippen LogP) is 18.5. The number of furan rings is 1. The Morgan fingerprint density at radius 3 is 2.35 bits per heavy atom. The summed E-state index contributed by atoms with van der Waals surface area (Å²) in [6, 6.07) is 27.5. The molecule has 4 aromatic carbocycles. The minimum Gasteiger partial charge on any atom is -0.485 e. The first kappa shape index (κ1) is 49.8. The molecule has 4 heteroatoms. The fourth-order valence-corrected chi connectivity index (χ4v) is 20.8. The first-order chi connectivity index (χ1) is 39.4. The monoisotopic (exact) mass is 1070 g/mol. The van der Waals surface area contributed by atoms with Gasteiger partial charge in [0.05, 0.1) is 12.1 Å². The molecule has 0 amide bonds. The molecule has 1 aliphatic heterocycles. The summed E-state index contributed by atoms with van der Waals surface area (Å²) in [4.78, 5) is 6.07. The van der Waals surface area contributed by atoms with Gasteiger partial charge >= 0.3 is 0 Å². The first-order valence-electron chi connectivity index (χ1n) is 32.8. The normalized spacial score (nSPS) is 33.0. The molecule has 11 aliphatic carbocycles. The van der Waals surface area contributed by atoms with Crippen molar-refractivity contribution in [3.8, 4) is 5.75 Å². The molecule has 0 spiro atoms. The number of nitrogens with zero attached hydrogens (tertiary/aromatic N) is 2. The molecule has 2 heterocycles. The molecule has 12 aliphatic rings. The SMILES string of the molecule is CC1(C)CCC2=C3C1=CC(N(c1ccc4c(c1)oc1ccc5c(c14)CCCC5)C1C=C4C(=CC1)c1ccccc1C4(C)C)CC3CCC2N(C1=CC2Oc3ccc4c(c3C2CC1)CCCC4)C1CCC2C(C1)C1C=CC=CC1C2(C)C. The van der Waals surface area contributed by atoms with Gasteiger partial charge in [0.15, 0.2) is 0 Å². The lowest BCUT2D eigenvalue weighted by molar-refractivity contribution is 0.0615. The van der Waals surface area contributed by atoms with Crippen LogP contribution in [0.25, 0.3) is 27.5 Å². The highest BCUT2D eigenvalue weighted by Gasteiger charge is 2.57. The van der Waals surface area contributed by atoms with Crippen LogP contribution in [-0.2, 0) is 31.1 Å². The average molecular weight is 1070 g/mol. The third-order valence-corrected chi connectivity index (χ3v) is 24.7. The molecule has 11 unspecified atom stereocenters. The number of allylic oxidation sites excluding steroid dienone is 9. The molecule has 0 N–H and O–H groups in total. The molecular formula is C77H86N2O2. The second-order valence-corrected chi connectivity index (χ2v) is 29.7. The zero-order valence-corrected chi connectivity index (χ0v) is 49.5. The van der Waals surface area contributed by atoms with Crippen LogP contribution in [0.5, 0.6) is 5.75 Å². The van der Waals surface area contributed by atoms with E-state index in [4.69, 9.17) is 9.15 Å². The van der Waals surface area contributed by atoms with Gasteiger partial charge in [0.25, 0.3) is 0 Å². The van der Waals surface area contributed by atoms with Crippen molar-refractivity contribution in [3.63, 3.8) is 0 Å². The van der Waals surface area contributed by atoms with Gasteiger partial charge in [-0.05, 0) is 254 Å². The summed E-state index contributed by atoms with van der Waals surface area (Å²) >= 11 is 0. The van der Waals surface area contributed by atoms with Gasteiger partial charge in [0, 0.05) is 57.2 Å². The highest BCUT2D eigenvalue weighted by molar-refractivity contribution is 6.08. The van der Waals surface area contributed by atoms with E-state index in [-0.39, 0.29) is 29.0 Å². The van der Waals surface area contributed by atoms with Gasteiger partial charge in [-0.25, -0.2) is 0 Å². The third-order valence-electron chi connectivity index (χ3n) is 24.7. The number of aryl methyl sites for hydroxylation is 3. The predicted molar refractivity (Wildman–Crippen MR) is 333 cm³/mol. The summed E-state index contributed by atoms with van der Waals surface area (Å²) in [6.45, 7) is 15.4. The Hall–Kier alpha value is -5.74. The quantitative estimate of drug-likeness (QED) is 0.169. The molecular weight excluding hydrogens is 985 g/mol. The van der Waals surface area contributed by atoms with Crippen LogP contribution in [0.1, 0.15) is 183 Å². The molecule has 1 aromatic heterocycles. The zero-order valence-electron chi connectivity index (χ0n) is 49.5. The second kappa shape index (κ2) is 18.1. The Labute approximate surface area is 483 Å². The summed E-state index contributed by atoms with van der Waals surface area (Å²) in [5, 5.41) is 2.66. The first-order valence-corrected chi connectivity index (χ1v) is 32.8. The number of fused-ring (bicyclic) bond motifs is 16. The largest absolute Gasteiger partial charge is 0.485 e. The van der Waals surface area contributed by atoms with Crippen LogP contribution in [0, 0.1) is 40.4 Å². The van der Waals surface area contributed by atoms with Crippen molar-refractivity contribution in [1.29, 1.82) is 0 Å². The molecule has 0 bridgehead atoms. The molecule has 81 heavy (non-hydrogen) atoms. The summed E-state index contributed by atoms with van der Waals surface area (Å²) in [7, 11) is 0. The fourth-order valence-electron chi connectivity index (χ4n) is 20.8. The molecule has 4 nitrogen and oxygen atoms in total. The molecule has 17 rings (SSSR count). The van der Waals surface area contributed by atoms with Crippen molar-refractivity contribution in [1.82, 2.24) is 4.90 Å². The Balaban J connectivity index is 0.778. The fraction of sp³-hybridized carbons (Fsp3) is 0.506. The minimum absolute atomic E-state index is 0.0545. The van der Waals surface area contributed by atoms with Gasteiger partial charge in [0.2, 0.25) is 0 Å². The van der Waals surface area contributed by atoms with Gasteiger partial charge in [0.1, 0.15) is 23.0 Å². The van der Waals surface area contributed by atoms with Crippen LogP contribution in [-0.4, -0.2) is 35.2 Å². The second-order valence-electron chi connectivity index (χ2n) is 29.7. The van der Waals surface area contributed by atoms with Crippen LogP contribution in [0.3, 0.4) is 0 Å². The topological polar surface area (TPSA) is 28.9 Å². The van der Waals surface area contributed by atoms with E-state index in [0.29, 0.717) is 41.2 Å². The number of hydrogen-bond donors (Lipinski definition) is 0. The Bertz CT molecular complexity index is 3710. The summed E-state index contributed by atoms with van der Waals surface area (Å²) in [6.07, 6.45) is 44.4. The van der Waals surface area contributed by atoms with E-state index in [1.54, 1.807) is 33.5 Å². The lowest BCUT2D eigenvalue weighted by Gasteiger charge is -2.55. The van der Waals surface area contributed by atoms with Gasteiger partial charge in [-0.2, -0.15) is 0 Å². The third kappa shape index (κ3) is 7.38. The highest BCUT2D eigenvalue weighted by atomic mass is 16.5. The van der Waals surface area contributed by atoms with E-state index < -0.39 is 0 Å². The van der Waals surface area contributed by atoms with Crippen molar-refractivity contribution in [2.24, 2.45) is 40.4 Å². The van der Waals surface area contributed by atoms with Crippen LogP contribution in [0.2, 0.25) is 0 Å². The van der Waals surface area contributed by atoms with E-state index in [1.807, 2.05) is 5.57 Å². The molecule has 416 valence electrons. The maximum absolute atomic E-state index is 7.17. The lowest BCUT2D eigenvalue weighted by atomic mass is 9.59. The molecule has 5 aromatic rings. The number of rotatable bonds is 6. The van der Waals surface area contributed by atoms with Gasteiger partial charge < -0.3 is 19.0 Å². The minimum atomic E-state index is -0.0545. The average Bonchev–Trinajstić information content (AvgIpc) is 4.31. The maximum atomic E-state index is 7.17.